The minimum absolute atomic E-state index is 0.110. The molecule has 2 aromatic carbocycles. The highest BCUT2D eigenvalue weighted by molar-refractivity contribution is 7.91. The number of rotatable bonds is 4. The van der Waals surface area contributed by atoms with Crippen molar-refractivity contribution in [3.63, 3.8) is 0 Å². The van der Waals surface area contributed by atoms with Crippen LogP contribution in [0.4, 0.5) is 8.78 Å². The lowest BCUT2D eigenvalue weighted by molar-refractivity contribution is 0.571. The third kappa shape index (κ3) is 2.94. The van der Waals surface area contributed by atoms with Crippen LogP contribution in [0.1, 0.15) is 16.4 Å². The Labute approximate surface area is 138 Å². The molecule has 0 atom stereocenters. The Balaban J connectivity index is 2.20. The Morgan fingerprint density at radius 2 is 1.38 bits per heavy atom. The first-order chi connectivity index (χ1) is 11.4. The van der Waals surface area contributed by atoms with Crippen molar-refractivity contribution in [1.82, 2.24) is 9.55 Å². The van der Waals surface area contributed by atoms with Gasteiger partial charge in [-0.05, 0) is 35.4 Å². The van der Waals surface area contributed by atoms with E-state index in [4.69, 9.17) is 0 Å². The molecule has 3 aromatic rings. The number of aryl methyl sites for hydroxylation is 1. The van der Waals surface area contributed by atoms with Crippen molar-refractivity contribution in [2.75, 3.05) is 0 Å². The summed E-state index contributed by atoms with van der Waals surface area (Å²) in [5.41, 5.74) is 0.761. The lowest BCUT2D eigenvalue weighted by atomic mass is 10.0. The van der Waals surface area contributed by atoms with Crippen LogP contribution in [-0.4, -0.2) is 18.0 Å². The summed E-state index contributed by atoms with van der Waals surface area (Å²) in [5, 5.41) is -1.22. The van der Waals surface area contributed by atoms with Crippen molar-refractivity contribution in [2.24, 2.45) is 7.05 Å². The molecule has 124 valence electrons. The summed E-state index contributed by atoms with van der Waals surface area (Å²) in [4.78, 5) is 3.92. The van der Waals surface area contributed by atoms with Gasteiger partial charge in [0.05, 0.1) is 0 Å². The van der Waals surface area contributed by atoms with Gasteiger partial charge in [-0.3, -0.25) is 0 Å². The molecule has 7 heteroatoms. The first-order valence-corrected chi connectivity index (χ1v) is 8.66. The maximum Gasteiger partial charge on any atom is 0.228 e. The Hall–Kier alpha value is -2.54. The minimum Gasteiger partial charge on any atom is -0.325 e. The van der Waals surface area contributed by atoms with Gasteiger partial charge in [0.25, 0.3) is 0 Å². The number of benzene rings is 2. The Morgan fingerprint density at radius 1 is 0.917 bits per heavy atom. The highest BCUT2D eigenvalue weighted by atomic mass is 32.2. The molecule has 0 aliphatic heterocycles. The van der Waals surface area contributed by atoms with Gasteiger partial charge in [0.15, 0.2) is 0 Å². The predicted octanol–water partition coefficient (Wildman–Crippen LogP) is 3.26. The third-order valence-electron chi connectivity index (χ3n) is 3.69. The van der Waals surface area contributed by atoms with Gasteiger partial charge in [0.1, 0.15) is 16.9 Å². The first-order valence-electron chi connectivity index (χ1n) is 7.12. The molecule has 0 aliphatic rings. The first kappa shape index (κ1) is 16.3. The third-order valence-corrected chi connectivity index (χ3v) is 5.75. The lowest BCUT2D eigenvalue weighted by Gasteiger charge is -2.18. The zero-order valence-electron chi connectivity index (χ0n) is 12.7. The van der Waals surface area contributed by atoms with E-state index in [0.717, 1.165) is 0 Å². The van der Waals surface area contributed by atoms with E-state index in [1.807, 2.05) is 0 Å². The molecular formula is C17H14F2N2O2S. The molecule has 1 aromatic heterocycles. The number of halogens is 2. The second-order valence-corrected chi connectivity index (χ2v) is 7.28. The highest BCUT2D eigenvalue weighted by Crippen LogP contribution is 2.34. The van der Waals surface area contributed by atoms with E-state index in [0.29, 0.717) is 11.1 Å². The quantitative estimate of drug-likeness (QED) is 0.727. The number of nitrogens with zero attached hydrogens (tertiary/aromatic N) is 2. The average Bonchev–Trinajstić information content (AvgIpc) is 2.98. The summed E-state index contributed by atoms with van der Waals surface area (Å²) < 4.78 is 54.1. The molecule has 0 fully saturated rings. The zero-order valence-corrected chi connectivity index (χ0v) is 13.5. The van der Waals surface area contributed by atoms with Crippen LogP contribution in [0.2, 0.25) is 0 Å². The molecule has 1 heterocycles. The molecule has 4 nitrogen and oxygen atoms in total. The largest absolute Gasteiger partial charge is 0.325 e. The Bertz CT molecular complexity index is 904. The van der Waals surface area contributed by atoms with E-state index in [2.05, 4.69) is 4.98 Å². The van der Waals surface area contributed by atoms with E-state index in [1.54, 1.807) is 7.05 Å². The average molecular weight is 348 g/mol. The highest BCUT2D eigenvalue weighted by Gasteiger charge is 2.33. The van der Waals surface area contributed by atoms with Gasteiger partial charge in [0.2, 0.25) is 15.0 Å². The fourth-order valence-corrected chi connectivity index (χ4v) is 4.47. The van der Waals surface area contributed by atoms with Crippen molar-refractivity contribution < 1.29 is 17.2 Å². The molecule has 24 heavy (non-hydrogen) atoms. The zero-order chi connectivity index (χ0) is 17.3. The van der Waals surface area contributed by atoms with Gasteiger partial charge < -0.3 is 4.57 Å². The van der Waals surface area contributed by atoms with Crippen molar-refractivity contribution in [1.29, 1.82) is 0 Å². The fourth-order valence-electron chi connectivity index (χ4n) is 2.56. The molecule has 0 bridgehead atoms. The SMILES string of the molecule is Cn1ccnc1S(=O)(=O)C(c1ccc(F)cc1)c1ccc(F)cc1. The number of hydrogen-bond donors (Lipinski definition) is 0. The van der Waals surface area contributed by atoms with Gasteiger partial charge in [-0.2, -0.15) is 0 Å². The smallest absolute Gasteiger partial charge is 0.228 e. The molecule has 0 amide bonds. The molecule has 0 saturated heterocycles. The Kier molecular flexibility index (Phi) is 4.19. The predicted molar refractivity (Wildman–Crippen MR) is 85.0 cm³/mol. The van der Waals surface area contributed by atoms with Crippen LogP contribution in [0.25, 0.3) is 0 Å². The van der Waals surface area contributed by atoms with Crippen LogP contribution in [0, 0.1) is 11.6 Å². The molecule has 0 unspecified atom stereocenters. The normalized spacial score (nSPS) is 11.8. The maximum atomic E-state index is 13.2. The van der Waals surface area contributed by atoms with E-state index in [9.17, 15) is 17.2 Å². The number of hydrogen-bond acceptors (Lipinski definition) is 3. The molecule has 0 N–H and O–H groups in total. The monoisotopic (exact) mass is 348 g/mol. The molecule has 3 rings (SSSR count). The standard InChI is InChI=1S/C17H14F2N2O2S/c1-21-11-10-20-17(21)24(22,23)16(12-2-6-14(18)7-3-12)13-4-8-15(19)9-5-13/h2-11,16H,1H3. The van der Waals surface area contributed by atoms with Crippen LogP contribution in [0.5, 0.6) is 0 Å². The van der Waals surface area contributed by atoms with E-state index in [1.165, 1.54) is 65.5 Å². The summed E-state index contributed by atoms with van der Waals surface area (Å²) in [6.45, 7) is 0. The van der Waals surface area contributed by atoms with Gasteiger partial charge in [-0.25, -0.2) is 22.2 Å². The molecule has 0 spiro atoms. The fraction of sp³-hybridized carbons (Fsp3) is 0.118. The second-order valence-electron chi connectivity index (χ2n) is 5.35. The lowest BCUT2D eigenvalue weighted by Crippen LogP contribution is -2.18. The number of imidazole rings is 1. The minimum atomic E-state index is -3.91. The van der Waals surface area contributed by atoms with Crippen LogP contribution >= 0.6 is 0 Å². The van der Waals surface area contributed by atoms with Crippen molar-refractivity contribution in [3.05, 3.63) is 83.7 Å². The number of aromatic nitrogens is 2. The van der Waals surface area contributed by atoms with Crippen LogP contribution in [-0.2, 0) is 16.9 Å². The van der Waals surface area contributed by atoms with Gasteiger partial charge in [-0.15, -0.1) is 0 Å². The molecule has 0 aliphatic carbocycles. The topological polar surface area (TPSA) is 52.0 Å². The van der Waals surface area contributed by atoms with Gasteiger partial charge >= 0.3 is 0 Å². The van der Waals surface area contributed by atoms with E-state index < -0.39 is 26.7 Å². The van der Waals surface area contributed by atoms with Gasteiger partial charge in [0, 0.05) is 19.4 Å². The van der Waals surface area contributed by atoms with Crippen LogP contribution in [0.3, 0.4) is 0 Å². The summed E-state index contributed by atoms with van der Waals surface area (Å²) in [6.07, 6.45) is 2.92. The summed E-state index contributed by atoms with van der Waals surface area (Å²) in [7, 11) is -2.34. The summed E-state index contributed by atoms with van der Waals surface area (Å²) in [5.74, 6) is -0.933. The van der Waals surface area contributed by atoms with Crippen LogP contribution in [0.15, 0.2) is 66.1 Å². The van der Waals surface area contributed by atoms with Gasteiger partial charge in [-0.1, -0.05) is 24.3 Å². The molecular weight excluding hydrogens is 334 g/mol. The van der Waals surface area contributed by atoms with E-state index in [-0.39, 0.29) is 5.16 Å². The Morgan fingerprint density at radius 3 is 1.75 bits per heavy atom. The maximum absolute atomic E-state index is 13.2. The van der Waals surface area contributed by atoms with Crippen LogP contribution < -0.4 is 0 Å². The van der Waals surface area contributed by atoms with E-state index >= 15 is 0 Å². The molecule has 0 radical (unpaired) electrons. The number of sulfone groups is 1. The summed E-state index contributed by atoms with van der Waals surface area (Å²) in [6, 6.07) is 10.4. The van der Waals surface area contributed by atoms with Crippen molar-refractivity contribution in [3.8, 4) is 0 Å². The molecule has 0 saturated carbocycles. The second kappa shape index (κ2) is 6.16. The van der Waals surface area contributed by atoms with Crippen molar-refractivity contribution >= 4 is 9.84 Å². The van der Waals surface area contributed by atoms with Crippen molar-refractivity contribution in [2.45, 2.75) is 10.4 Å². The summed E-state index contributed by atoms with van der Waals surface area (Å²) >= 11 is 0.